The molecule has 1 aromatic carbocycles. The number of carbonyl (C=O) groups excluding carboxylic acids is 1. The predicted octanol–water partition coefficient (Wildman–Crippen LogP) is 2.41. The Morgan fingerprint density at radius 3 is 2.41 bits per heavy atom. The largest absolute Gasteiger partial charge is 0.339 e. The van der Waals surface area contributed by atoms with Gasteiger partial charge in [-0.05, 0) is 36.8 Å². The third-order valence-corrected chi connectivity index (χ3v) is 4.31. The molecule has 2 heteroatoms. The molecule has 2 nitrogen and oxygen atoms in total. The molecule has 0 N–H and O–H groups in total. The maximum absolute atomic E-state index is 12.2. The third-order valence-electron chi connectivity index (χ3n) is 4.31. The summed E-state index contributed by atoms with van der Waals surface area (Å²) in [5.41, 5.74) is 2.87. The normalized spacial score (nSPS) is 24.4. The Kier molecular flexibility index (Phi) is 2.65. The molecule has 1 fully saturated rings. The van der Waals surface area contributed by atoms with Gasteiger partial charge in [0.25, 0.3) is 0 Å². The van der Waals surface area contributed by atoms with Gasteiger partial charge in [-0.1, -0.05) is 31.2 Å². The zero-order valence-electron chi connectivity index (χ0n) is 10.4. The Morgan fingerprint density at radius 2 is 1.88 bits per heavy atom. The van der Waals surface area contributed by atoms with Crippen LogP contribution in [0.2, 0.25) is 0 Å². The van der Waals surface area contributed by atoms with Crippen LogP contribution in [0, 0.1) is 5.92 Å². The number of rotatable bonds is 2. The maximum atomic E-state index is 12.2. The van der Waals surface area contributed by atoms with Crippen molar-refractivity contribution in [1.29, 1.82) is 0 Å². The standard InChI is InChI=1S/C15H19NO/c1-2-11-7-8-16(15(11)17)14-9-12-5-3-4-6-13(12)10-14/h3-6,11,14H,2,7-10H2,1H3. The molecule has 0 spiro atoms. The molecule has 1 unspecified atom stereocenters. The van der Waals surface area contributed by atoms with E-state index in [1.165, 1.54) is 11.1 Å². The van der Waals surface area contributed by atoms with E-state index in [1.807, 2.05) is 0 Å². The van der Waals surface area contributed by atoms with Gasteiger partial charge in [0.1, 0.15) is 0 Å². The minimum absolute atomic E-state index is 0.290. The van der Waals surface area contributed by atoms with Gasteiger partial charge in [0.15, 0.2) is 0 Å². The van der Waals surface area contributed by atoms with Crippen molar-refractivity contribution in [1.82, 2.24) is 4.90 Å². The molecule has 2 aliphatic rings. The Labute approximate surface area is 103 Å². The van der Waals surface area contributed by atoms with Crippen LogP contribution >= 0.6 is 0 Å². The minimum atomic E-state index is 0.290. The van der Waals surface area contributed by atoms with E-state index in [1.54, 1.807) is 0 Å². The molecule has 1 aliphatic heterocycles. The molecule has 1 saturated heterocycles. The molecule has 1 aliphatic carbocycles. The fraction of sp³-hybridized carbons (Fsp3) is 0.533. The summed E-state index contributed by atoms with van der Waals surface area (Å²) in [6.07, 6.45) is 4.16. The zero-order valence-corrected chi connectivity index (χ0v) is 10.4. The Hall–Kier alpha value is -1.31. The van der Waals surface area contributed by atoms with E-state index < -0.39 is 0 Å². The summed E-state index contributed by atoms with van der Waals surface area (Å²) in [6.45, 7) is 3.09. The van der Waals surface area contributed by atoms with Crippen LogP contribution in [0.5, 0.6) is 0 Å². The summed E-state index contributed by atoms with van der Waals surface area (Å²) in [7, 11) is 0. The van der Waals surface area contributed by atoms with Crippen LogP contribution in [0.25, 0.3) is 0 Å². The van der Waals surface area contributed by atoms with Crippen LogP contribution in [-0.4, -0.2) is 23.4 Å². The lowest BCUT2D eigenvalue weighted by Crippen LogP contribution is -2.38. The van der Waals surface area contributed by atoms with Gasteiger partial charge in [-0.3, -0.25) is 4.79 Å². The zero-order chi connectivity index (χ0) is 11.8. The summed E-state index contributed by atoms with van der Waals surface area (Å²) >= 11 is 0. The highest BCUT2D eigenvalue weighted by Crippen LogP contribution is 2.30. The van der Waals surface area contributed by atoms with Crippen LogP contribution in [0.15, 0.2) is 24.3 Å². The average Bonchev–Trinajstić information content (AvgIpc) is 2.91. The molecule has 0 bridgehead atoms. The van der Waals surface area contributed by atoms with Crippen molar-refractivity contribution in [3.63, 3.8) is 0 Å². The molecule has 3 rings (SSSR count). The van der Waals surface area contributed by atoms with Gasteiger partial charge >= 0.3 is 0 Å². The molecule has 17 heavy (non-hydrogen) atoms. The molecule has 0 aromatic heterocycles. The number of likely N-dealkylation sites (tertiary alicyclic amines) is 1. The monoisotopic (exact) mass is 229 g/mol. The quantitative estimate of drug-likeness (QED) is 0.762. The number of nitrogens with zero attached hydrogens (tertiary/aromatic N) is 1. The van der Waals surface area contributed by atoms with Gasteiger partial charge < -0.3 is 4.90 Å². The lowest BCUT2D eigenvalue weighted by molar-refractivity contribution is -0.132. The molecular weight excluding hydrogens is 210 g/mol. The van der Waals surface area contributed by atoms with Gasteiger partial charge in [0.05, 0.1) is 0 Å². The van der Waals surface area contributed by atoms with Crippen molar-refractivity contribution in [3.05, 3.63) is 35.4 Å². The highest BCUT2D eigenvalue weighted by molar-refractivity contribution is 5.81. The molecule has 0 radical (unpaired) electrons. The predicted molar refractivity (Wildman–Crippen MR) is 67.7 cm³/mol. The van der Waals surface area contributed by atoms with E-state index in [4.69, 9.17) is 0 Å². The van der Waals surface area contributed by atoms with Gasteiger partial charge in [-0.25, -0.2) is 0 Å². The fourth-order valence-corrected chi connectivity index (χ4v) is 3.26. The van der Waals surface area contributed by atoms with Gasteiger partial charge in [0.2, 0.25) is 5.91 Å². The molecule has 1 aromatic rings. The molecule has 90 valence electrons. The van der Waals surface area contributed by atoms with Crippen molar-refractivity contribution in [3.8, 4) is 0 Å². The molecule has 1 atom stereocenters. The summed E-state index contributed by atoms with van der Waals surface area (Å²) in [6, 6.07) is 9.03. The van der Waals surface area contributed by atoms with Crippen LogP contribution in [-0.2, 0) is 17.6 Å². The first kappa shape index (κ1) is 10.8. The van der Waals surface area contributed by atoms with Crippen molar-refractivity contribution < 1.29 is 4.79 Å². The summed E-state index contributed by atoms with van der Waals surface area (Å²) < 4.78 is 0. The number of benzene rings is 1. The smallest absolute Gasteiger partial charge is 0.226 e. The van der Waals surface area contributed by atoms with Crippen LogP contribution < -0.4 is 0 Å². The second-order valence-electron chi connectivity index (χ2n) is 5.26. The van der Waals surface area contributed by atoms with Crippen LogP contribution in [0.3, 0.4) is 0 Å². The number of amides is 1. The fourth-order valence-electron chi connectivity index (χ4n) is 3.26. The molecule has 1 amide bonds. The Balaban J connectivity index is 1.75. The lowest BCUT2D eigenvalue weighted by atomic mass is 10.1. The second kappa shape index (κ2) is 4.17. The van der Waals surface area contributed by atoms with E-state index >= 15 is 0 Å². The topological polar surface area (TPSA) is 20.3 Å². The molecule has 1 heterocycles. The van der Waals surface area contributed by atoms with E-state index in [9.17, 15) is 4.79 Å². The molecule has 0 saturated carbocycles. The van der Waals surface area contributed by atoms with Crippen molar-refractivity contribution >= 4 is 5.91 Å². The number of carbonyl (C=O) groups is 1. The maximum Gasteiger partial charge on any atom is 0.226 e. The van der Waals surface area contributed by atoms with Gasteiger partial charge in [-0.2, -0.15) is 0 Å². The number of hydrogen-bond acceptors (Lipinski definition) is 1. The second-order valence-corrected chi connectivity index (χ2v) is 5.26. The summed E-state index contributed by atoms with van der Waals surface area (Å²) in [5, 5.41) is 0. The van der Waals surface area contributed by atoms with E-state index in [0.717, 1.165) is 32.2 Å². The Morgan fingerprint density at radius 1 is 1.24 bits per heavy atom. The first-order valence-electron chi connectivity index (χ1n) is 6.67. The SMILES string of the molecule is CCC1CCN(C2Cc3ccccc3C2)C1=O. The van der Waals surface area contributed by atoms with Crippen LogP contribution in [0.1, 0.15) is 30.9 Å². The highest BCUT2D eigenvalue weighted by atomic mass is 16.2. The van der Waals surface area contributed by atoms with E-state index in [2.05, 4.69) is 36.1 Å². The first-order chi connectivity index (χ1) is 8.29. The van der Waals surface area contributed by atoms with Crippen molar-refractivity contribution in [2.75, 3.05) is 6.54 Å². The van der Waals surface area contributed by atoms with Crippen molar-refractivity contribution in [2.45, 2.75) is 38.6 Å². The summed E-state index contributed by atoms with van der Waals surface area (Å²) in [4.78, 5) is 14.3. The minimum Gasteiger partial charge on any atom is -0.339 e. The van der Waals surface area contributed by atoms with Gasteiger partial charge in [-0.15, -0.1) is 0 Å². The number of hydrogen-bond donors (Lipinski definition) is 0. The van der Waals surface area contributed by atoms with Crippen molar-refractivity contribution in [2.24, 2.45) is 5.92 Å². The Bertz CT molecular complexity index is 415. The van der Waals surface area contributed by atoms with Crippen LogP contribution in [0.4, 0.5) is 0 Å². The van der Waals surface area contributed by atoms with E-state index in [-0.39, 0.29) is 0 Å². The highest BCUT2D eigenvalue weighted by Gasteiger charge is 2.36. The summed E-state index contributed by atoms with van der Waals surface area (Å²) in [5.74, 6) is 0.684. The third kappa shape index (κ3) is 1.76. The van der Waals surface area contributed by atoms with Gasteiger partial charge in [0, 0.05) is 18.5 Å². The number of fused-ring (bicyclic) bond motifs is 1. The van der Waals surface area contributed by atoms with E-state index in [0.29, 0.717) is 17.9 Å². The lowest BCUT2D eigenvalue weighted by Gasteiger charge is -2.24. The molecular formula is C15H19NO. The first-order valence-corrected chi connectivity index (χ1v) is 6.67. The average molecular weight is 229 g/mol.